The maximum absolute atomic E-state index is 5.54. The number of hydrogen-bond donors (Lipinski definition) is 1. The van der Waals surface area contributed by atoms with E-state index in [0.29, 0.717) is 12.4 Å². The lowest BCUT2D eigenvalue weighted by Gasteiger charge is -2.12. The minimum atomic E-state index is 0.00926. The summed E-state index contributed by atoms with van der Waals surface area (Å²) in [5.74, 6) is 0.587. The van der Waals surface area contributed by atoms with E-state index in [0.717, 1.165) is 6.42 Å². The van der Waals surface area contributed by atoms with Crippen LogP contribution in [0.5, 0.6) is 0 Å². The number of nitrogens with zero attached hydrogens (tertiary/aromatic N) is 1. The predicted molar refractivity (Wildman–Crippen MR) is 43.3 cm³/mol. The standard InChI is InChI=1S/C7H16N2O/c1-4-6(10-5-2)7(8)9-3/h6H,4-5H2,1-3H3,(H2,8,9). The molecule has 0 aliphatic carbocycles. The highest BCUT2D eigenvalue weighted by molar-refractivity contribution is 5.84. The smallest absolute Gasteiger partial charge is 0.123 e. The van der Waals surface area contributed by atoms with E-state index in [1.54, 1.807) is 7.05 Å². The SMILES string of the molecule is CCOC(CC)C(N)=NC. The van der Waals surface area contributed by atoms with Crippen molar-refractivity contribution in [2.45, 2.75) is 26.4 Å². The summed E-state index contributed by atoms with van der Waals surface area (Å²) in [5.41, 5.74) is 5.54. The first-order valence-corrected chi connectivity index (χ1v) is 3.60. The summed E-state index contributed by atoms with van der Waals surface area (Å²) in [7, 11) is 1.68. The van der Waals surface area contributed by atoms with Crippen molar-refractivity contribution in [3.8, 4) is 0 Å². The highest BCUT2D eigenvalue weighted by Crippen LogP contribution is 1.96. The van der Waals surface area contributed by atoms with Gasteiger partial charge in [0.05, 0.1) is 0 Å². The molecule has 0 aromatic heterocycles. The van der Waals surface area contributed by atoms with Gasteiger partial charge in [-0.2, -0.15) is 0 Å². The summed E-state index contributed by atoms with van der Waals surface area (Å²) < 4.78 is 5.29. The zero-order valence-corrected chi connectivity index (χ0v) is 6.92. The molecule has 0 bridgehead atoms. The Bertz CT molecular complexity index is 112. The van der Waals surface area contributed by atoms with Gasteiger partial charge in [0.15, 0.2) is 0 Å². The Morgan fingerprint density at radius 2 is 2.20 bits per heavy atom. The Labute approximate surface area is 62.3 Å². The molecule has 1 unspecified atom stereocenters. The van der Waals surface area contributed by atoms with Crippen LogP contribution in [0, 0.1) is 0 Å². The summed E-state index contributed by atoms with van der Waals surface area (Å²) in [6.45, 7) is 4.67. The van der Waals surface area contributed by atoms with Crippen LogP contribution in [0.4, 0.5) is 0 Å². The van der Waals surface area contributed by atoms with Gasteiger partial charge >= 0.3 is 0 Å². The molecule has 0 aliphatic rings. The van der Waals surface area contributed by atoms with Crippen molar-refractivity contribution in [1.29, 1.82) is 0 Å². The van der Waals surface area contributed by atoms with Gasteiger partial charge in [-0.1, -0.05) is 6.92 Å². The summed E-state index contributed by atoms with van der Waals surface area (Å²) in [4.78, 5) is 3.85. The Morgan fingerprint density at radius 1 is 1.60 bits per heavy atom. The van der Waals surface area contributed by atoms with Gasteiger partial charge in [-0.15, -0.1) is 0 Å². The second-order valence-corrected chi connectivity index (χ2v) is 2.00. The second-order valence-electron chi connectivity index (χ2n) is 2.00. The first kappa shape index (κ1) is 9.43. The molecule has 0 fully saturated rings. The number of nitrogens with two attached hydrogens (primary N) is 1. The van der Waals surface area contributed by atoms with E-state index in [1.807, 2.05) is 13.8 Å². The van der Waals surface area contributed by atoms with Gasteiger partial charge in [0.1, 0.15) is 11.9 Å². The van der Waals surface area contributed by atoms with E-state index in [4.69, 9.17) is 10.5 Å². The van der Waals surface area contributed by atoms with Crippen LogP contribution in [0.25, 0.3) is 0 Å². The highest BCUT2D eigenvalue weighted by Gasteiger charge is 2.08. The third-order valence-electron chi connectivity index (χ3n) is 1.33. The molecule has 0 saturated heterocycles. The average Bonchev–Trinajstić information content (AvgIpc) is 1.99. The quantitative estimate of drug-likeness (QED) is 0.468. The molecule has 3 heteroatoms. The molecular formula is C7H16N2O. The molecule has 0 spiro atoms. The van der Waals surface area contributed by atoms with Crippen molar-refractivity contribution in [3.05, 3.63) is 0 Å². The minimum absolute atomic E-state index is 0.00926. The molecule has 0 aromatic carbocycles. The van der Waals surface area contributed by atoms with Crippen LogP contribution in [-0.2, 0) is 4.74 Å². The van der Waals surface area contributed by atoms with Crippen LogP contribution >= 0.6 is 0 Å². The zero-order valence-electron chi connectivity index (χ0n) is 6.92. The summed E-state index contributed by atoms with van der Waals surface area (Å²) in [6.07, 6.45) is 0.895. The van der Waals surface area contributed by atoms with Gasteiger partial charge in [-0.3, -0.25) is 4.99 Å². The first-order valence-electron chi connectivity index (χ1n) is 3.60. The Balaban J connectivity index is 3.80. The average molecular weight is 144 g/mol. The van der Waals surface area contributed by atoms with Gasteiger partial charge in [-0.25, -0.2) is 0 Å². The van der Waals surface area contributed by atoms with Gasteiger partial charge in [0.2, 0.25) is 0 Å². The van der Waals surface area contributed by atoms with Crippen LogP contribution in [0.15, 0.2) is 4.99 Å². The van der Waals surface area contributed by atoms with E-state index < -0.39 is 0 Å². The summed E-state index contributed by atoms with van der Waals surface area (Å²) in [6, 6.07) is 0. The number of ether oxygens (including phenoxy) is 1. The zero-order chi connectivity index (χ0) is 7.98. The molecule has 1 atom stereocenters. The number of rotatable bonds is 4. The lowest BCUT2D eigenvalue weighted by Crippen LogP contribution is -2.30. The normalized spacial score (nSPS) is 15.3. The molecule has 10 heavy (non-hydrogen) atoms. The molecule has 0 aliphatic heterocycles. The first-order chi connectivity index (χ1) is 4.76. The molecule has 3 nitrogen and oxygen atoms in total. The number of amidine groups is 1. The molecule has 0 radical (unpaired) electrons. The van der Waals surface area contributed by atoms with Crippen molar-refractivity contribution in [1.82, 2.24) is 0 Å². The van der Waals surface area contributed by atoms with Crippen molar-refractivity contribution in [3.63, 3.8) is 0 Å². The van der Waals surface area contributed by atoms with E-state index >= 15 is 0 Å². The number of aliphatic imine (C=N–C) groups is 1. The van der Waals surface area contributed by atoms with Gasteiger partial charge in [0.25, 0.3) is 0 Å². The van der Waals surface area contributed by atoms with Gasteiger partial charge < -0.3 is 10.5 Å². The van der Waals surface area contributed by atoms with E-state index in [-0.39, 0.29) is 6.10 Å². The lowest BCUT2D eigenvalue weighted by molar-refractivity contribution is 0.106. The monoisotopic (exact) mass is 144 g/mol. The molecule has 0 rings (SSSR count). The predicted octanol–water partition coefficient (Wildman–Crippen LogP) is 0.789. The maximum atomic E-state index is 5.54. The van der Waals surface area contributed by atoms with Crippen molar-refractivity contribution < 1.29 is 4.74 Å². The fourth-order valence-electron chi connectivity index (χ4n) is 0.758. The van der Waals surface area contributed by atoms with Crippen molar-refractivity contribution in [2.24, 2.45) is 10.7 Å². The van der Waals surface area contributed by atoms with Crippen LogP contribution < -0.4 is 5.73 Å². The van der Waals surface area contributed by atoms with Crippen molar-refractivity contribution >= 4 is 5.84 Å². The van der Waals surface area contributed by atoms with E-state index in [9.17, 15) is 0 Å². The van der Waals surface area contributed by atoms with Crippen LogP contribution in [-0.4, -0.2) is 25.6 Å². The number of hydrogen-bond acceptors (Lipinski definition) is 2. The molecule has 0 heterocycles. The molecule has 2 N–H and O–H groups in total. The van der Waals surface area contributed by atoms with Crippen molar-refractivity contribution in [2.75, 3.05) is 13.7 Å². The van der Waals surface area contributed by atoms with Crippen LogP contribution in [0.2, 0.25) is 0 Å². The van der Waals surface area contributed by atoms with Crippen LogP contribution in [0.1, 0.15) is 20.3 Å². The molecular weight excluding hydrogens is 128 g/mol. The Kier molecular flexibility index (Phi) is 4.94. The molecule has 60 valence electrons. The van der Waals surface area contributed by atoms with Gasteiger partial charge in [-0.05, 0) is 13.3 Å². The second kappa shape index (κ2) is 5.23. The van der Waals surface area contributed by atoms with E-state index in [2.05, 4.69) is 4.99 Å². The fourth-order valence-corrected chi connectivity index (χ4v) is 0.758. The topological polar surface area (TPSA) is 47.6 Å². The molecule has 0 amide bonds. The molecule has 0 saturated carbocycles. The third kappa shape index (κ3) is 2.82. The Hall–Kier alpha value is -0.570. The largest absolute Gasteiger partial charge is 0.385 e. The summed E-state index contributed by atoms with van der Waals surface area (Å²) in [5, 5.41) is 0. The fraction of sp³-hybridized carbons (Fsp3) is 0.857. The van der Waals surface area contributed by atoms with E-state index in [1.165, 1.54) is 0 Å². The minimum Gasteiger partial charge on any atom is -0.385 e. The van der Waals surface area contributed by atoms with Gasteiger partial charge in [0, 0.05) is 13.7 Å². The summed E-state index contributed by atoms with van der Waals surface area (Å²) >= 11 is 0. The lowest BCUT2D eigenvalue weighted by atomic mass is 10.2. The Morgan fingerprint density at radius 3 is 2.50 bits per heavy atom. The maximum Gasteiger partial charge on any atom is 0.123 e. The third-order valence-corrected chi connectivity index (χ3v) is 1.33. The highest BCUT2D eigenvalue weighted by atomic mass is 16.5. The molecule has 0 aromatic rings. The van der Waals surface area contributed by atoms with Crippen LogP contribution in [0.3, 0.4) is 0 Å².